The highest BCUT2D eigenvalue weighted by Crippen LogP contribution is 2.30. The number of hydrogen-bond acceptors (Lipinski definition) is 5. The van der Waals surface area contributed by atoms with E-state index in [0.717, 1.165) is 61.5 Å². The standard InChI is InChI=1S/C28H31FN6O2/c1-32(2)28(37)20-6-4-18(5-7-20)19-9-12-34(13-10-19)16-21-14-22-25(8-11-31-27(22)33(21)3)35-17-23(29)24(30)15-26(35)36/h4-8,11,14-15,17,19H,9-10,12-13,16,30H2,1-3H3. The lowest BCUT2D eigenvalue weighted by Gasteiger charge is -2.32. The molecule has 192 valence electrons. The van der Waals surface area contributed by atoms with Crippen molar-refractivity contribution in [2.24, 2.45) is 7.05 Å². The first-order valence-corrected chi connectivity index (χ1v) is 12.4. The maximum atomic E-state index is 14.2. The van der Waals surface area contributed by atoms with Gasteiger partial charge in [0.25, 0.3) is 11.5 Å². The van der Waals surface area contributed by atoms with Crippen molar-refractivity contribution < 1.29 is 9.18 Å². The van der Waals surface area contributed by atoms with E-state index < -0.39 is 11.4 Å². The number of nitrogens with zero attached hydrogens (tertiary/aromatic N) is 5. The Bertz CT molecular complexity index is 1510. The molecule has 2 N–H and O–H groups in total. The van der Waals surface area contributed by atoms with Gasteiger partial charge in [-0.2, -0.15) is 0 Å². The van der Waals surface area contributed by atoms with Gasteiger partial charge in [0.1, 0.15) is 5.65 Å². The Kier molecular flexibility index (Phi) is 6.55. The van der Waals surface area contributed by atoms with Crippen LogP contribution >= 0.6 is 0 Å². The number of fused-ring (bicyclic) bond motifs is 1. The molecule has 1 fully saturated rings. The zero-order valence-corrected chi connectivity index (χ0v) is 21.3. The quantitative estimate of drug-likeness (QED) is 0.451. The molecule has 0 saturated carbocycles. The first-order chi connectivity index (χ1) is 17.7. The Balaban J connectivity index is 1.31. The Morgan fingerprint density at radius 3 is 2.51 bits per heavy atom. The number of aromatic nitrogens is 3. The van der Waals surface area contributed by atoms with E-state index in [0.29, 0.717) is 17.2 Å². The predicted molar refractivity (Wildman–Crippen MR) is 142 cm³/mol. The monoisotopic (exact) mass is 502 g/mol. The lowest BCUT2D eigenvalue weighted by atomic mass is 9.89. The summed E-state index contributed by atoms with van der Waals surface area (Å²) in [6.07, 6.45) is 4.83. The highest BCUT2D eigenvalue weighted by Gasteiger charge is 2.23. The Morgan fingerprint density at radius 2 is 1.84 bits per heavy atom. The number of hydrogen-bond donors (Lipinski definition) is 1. The van der Waals surface area contributed by atoms with Crippen molar-refractivity contribution in [3.63, 3.8) is 0 Å². The summed E-state index contributed by atoms with van der Waals surface area (Å²) < 4.78 is 17.5. The topological polar surface area (TPSA) is 89.4 Å². The van der Waals surface area contributed by atoms with Crippen LogP contribution in [0.25, 0.3) is 16.7 Å². The van der Waals surface area contributed by atoms with Crippen LogP contribution in [-0.2, 0) is 13.6 Å². The van der Waals surface area contributed by atoms with E-state index in [9.17, 15) is 14.0 Å². The molecule has 9 heteroatoms. The molecule has 0 atom stereocenters. The van der Waals surface area contributed by atoms with E-state index in [4.69, 9.17) is 5.73 Å². The number of benzene rings is 1. The number of carbonyl (C=O) groups is 1. The zero-order chi connectivity index (χ0) is 26.3. The highest BCUT2D eigenvalue weighted by atomic mass is 19.1. The fraction of sp³-hybridized carbons (Fsp3) is 0.321. The van der Waals surface area contributed by atoms with Crippen LogP contribution in [0, 0.1) is 5.82 Å². The fourth-order valence-corrected chi connectivity index (χ4v) is 5.14. The minimum Gasteiger partial charge on any atom is -0.396 e. The van der Waals surface area contributed by atoms with E-state index in [-0.39, 0.29) is 11.6 Å². The number of likely N-dealkylation sites (tertiary alicyclic amines) is 1. The number of anilines is 1. The van der Waals surface area contributed by atoms with Crippen LogP contribution in [0.2, 0.25) is 0 Å². The van der Waals surface area contributed by atoms with Crippen LogP contribution in [0.1, 0.15) is 40.4 Å². The minimum absolute atomic E-state index is 0.0142. The van der Waals surface area contributed by atoms with Gasteiger partial charge in [0.2, 0.25) is 0 Å². The molecule has 4 aromatic rings. The first kappa shape index (κ1) is 24.7. The average Bonchev–Trinajstić information content (AvgIpc) is 3.21. The number of piperidine rings is 1. The third kappa shape index (κ3) is 4.74. The molecule has 1 aliphatic heterocycles. The van der Waals surface area contributed by atoms with Crippen molar-refractivity contribution >= 4 is 22.6 Å². The minimum atomic E-state index is -0.637. The van der Waals surface area contributed by atoms with Crippen LogP contribution in [0.5, 0.6) is 0 Å². The molecule has 0 bridgehead atoms. The molecule has 5 rings (SSSR count). The second kappa shape index (κ2) is 9.82. The molecular formula is C28H31FN6O2. The lowest BCUT2D eigenvalue weighted by Crippen LogP contribution is -2.33. The van der Waals surface area contributed by atoms with Gasteiger partial charge in [-0.05, 0) is 61.7 Å². The summed E-state index contributed by atoms with van der Waals surface area (Å²) >= 11 is 0. The van der Waals surface area contributed by atoms with E-state index >= 15 is 0 Å². The van der Waals surface area contributed by atoms with Crippen molar-refractivity contribution in [2.75, 3.05) is 32.9 Å². The van der Waals surface area contributed by atoms with Crippen LogP contribution in [0.4, 0.5) is 10.1 Å². The molecule has 0 spiro atoms. The largest absolute Gasteiger partial charge is 0.396 e. The normalized spacial score (nSPS) is 14.8. The maximum Gasteiger partial charge on any atom is 0.257 e. The summed E-state index contributed by atoms with van der Waals surface area (Å²) in [7, 11) is 5.48. The van der Waals surface area contributed by atoms with Crippen LogP contribution in [-0.4, -0.2) is 57.0 Å². The molecule has 0 aliphatic carbocycles. The molecule has 1 saturated heterocycles. The number of halogens is 1. The van der Waals surface area contributed by atoms with Gasteiger partial charge >= 0.3 is 0 Å². The molecular weight excluding hydrogens is 471 g/mol. The number of nitrogen functional groups attached to an aromatic ring is 1. The number of amides is 1. The molecule has 1 aromatic carbocycles. The predicted octanol–water partition coefficient (Wildman–Crippen LogP) is 3.53. The van der Waals surface area contributed by atoms with Crippen LogP contribution in [0.3, 0.4) is 0 Å². The molecule has 1 amide bonds. The lowest BCUT2D eigenvalue weighted by molar-refractivity contribution is 0.0827. The number of nitrogens with two attached hydrogens (primary N) is 1. The number of carbonyl (C=O) groups excluding carboxylic acids is 1. The second-order valence-electron chi connectivity index (χ2n) is 9.92. The van der Waals surface area contributed by atoms with Gasteiger partial charge in [0, 0.05) is 56.6 Å². The summed E-state index contributed by atoms with van der Waals surface area (Å²) in [4.78, 5) is 33.2. The molecule has 4 heterocycles. The second-order valence-corrected chi connectivity index (χ2v) is 9.92. The molecule has 0 unspecified atom stereocenters. The van der Waals surface area contributed by atoms with Gasteiger partial charge in [-0.15, -0.1) is 0 Å². The average molecular weight is 503 g/mol. The van der Waals surface area contributed by atoms with Gasteiger partial charge in [-0.1, -0.05) is 12.1 Å². The number of pyridine rings is 2. The molecule has 37 heavy (non-hydrogen) atoms. The van der Waals surface area contributed by atoms with Gasteiger partial charge in [-0.3, -0.25) is 19.1 Å². The number of aryl methyl sites for hydroxylation is 1. The third-order valence-electron chi connectivity index (χ3n) is 7.31. The summed E-state index contributed by atoms with van der Waals surface area (Å²) in [5.74, 6) is -0.157. The van der Waals surface area contributed by atoms with Crippen LogP contribution in [0.15, 0.2) is 59.7 Å². The maximum absolute atomic E-state index is 14.2. The van der Waals surface area contributed by atoms with Crippen molar-refractivity contribution in [2.45, 2.75) is 25.3 Å². The highest BCUT2D eigenvalue weighted by molar-refractivity contribution is 5.93. The van der Waals surface area contributed by atoms with Crippen molar-refractivity contribution in [3.8, 4) is 5.69 Å². The third-order valence-corrected chi connectivity index (χ3v) is 7.31. The summed E-state index contributed by atoms with van der Waals surface area (Å²) in [5.41, 5.74) is 9.37. The van der Waals surface area contributed by atoms with E-state index in [2.05, 4.69) is 22.0 Å². The smallest absolute Gasteiger partial charge is 0.257 e. The van der Waals surface area contributed by atoms with Crippen molar-refractivity contribution in [1.29, 1.82) is 0 Å². The summed E-state index contributed by atoms with van der Waals surface area (Å²) in [6, 6.07) is 12.8. The molecule has 1 aliphatic rings. The Morgan fingerprint density at radius 1 is 1.14 bits per heavy atom. The summed E-state index contributed by atoms with van der Waals surface area (Å²) in [5, 5.41) is 0.786. The van der Waals surface area contributed by atoms with E-state index in [1.807, 2.05) is 29.8 Å². The van der Waals surface area contributed by atoms with Gasteiger partial charge in [0.15, 0.2) is 5.82 Å². The van der Waals surface area contributed by atoms with Crippen molar-refractivity contribution in [1.82, 2.24) is 23.9 Å². The SMILES string of the molecule is CN(C)C(=O)c1ccc(C2CCN(Cc3cc4c(-n5cc(F)c(N)cc5=O)ccnc4n3C)CC2)cc1. The van der Waals surface area contributed by atoms with Gasteiger partial charge < -0.3 is 15.2 Å². The number of rotatable bonds is 5. The summed E-state index contributed by atoms with van der Waals surface area (Å²) in [6.45, 7) is 2.65. The van der Waals surface area contributed by atoms with E-state index in [1.54, 1.807) is 31.3 Å². The Hall–Kier alpha value is -3.98. The van der Waals surface area contributed by atoms with Crippen molar-refractivity contribution in [3.05, 3.63) is 87.9 Å². The first-order valence-electron chi connectivity index (χ1n) is 12.4. The fourth-order valence-electron chi connectivity index (χ4n) is 5.14. The molecule has 0 radical (unpaired) electrons. The van der Waals surface area contributed by atoms with Crippen LogP contribution < -0.4 is 11.3 Å². The Labute approximate surface area is 214 Å². The molecule has 3 aromatic heterocycles. The van der Waals surface area contributed by atoms with E-state index in [1.165, 1.54) is 10.1 Å². The van der Waals surface area contributed by atoms with Gasteiger partial charge in [0.05, 0.1) is 17.6 Å². The van der Waals surface area contributed by atoms with Gasteiger partial charge in [-0.25, -0.2) is 9.37 Å². The molecule has 8 nitrogen and oxygen atoms in total. The zero-order valence-electron chi connectivity index (χ0n) is 21.3.